The van der Waals surface area contributed by atoms with E-state index in [9.17, 15) is 4.79 Å². The molecule has 3 aromatic rings. The van der Waals surface area contributed by atoms with Crippen LogP contribution in [0.1, 0.15) is 36.2 Å². The van der Waals surface area contributed by atoms with Crippen molar-refractivity contribution in [2.45, 2.75) is 38.1 Å². The standard InChI is InChI=1S/C20H21N3O/c1-15-7-5-10-18-22-17(14-23(15)18)13-21-19(24)20(11-6-12-20)16-8-3-2-4-9-16/h2-5,7-10,14H,6,11-13H2,1H3,(H,21,24). The van der Waals surface area contributed by atoms with Gasteiger partial charge in [-0.25, -0.2) is 4.98 Å². The van der Waals surface area contributed by atoms with Crippen molar-refractivity contribution in [3.8, 4) is 0 Å². The zero-order valence-corrected chi connectivity index (χ0v) is 13.8. The lowest BCUT2D eigenvalue weighted by Gasteiger charge is -2.40. The smallest absolute Gasteiger partial charge is 0.230 e. The average Bonchev–Trinajstić information content (AvgIpc) is 2.98. The molecule has 0 spiro atoms. The average molecular weight is 319 g/mol. The fourth-order valence-electron chi connectivity index (χ4n) is 3.56. The van der Waals surface area contributed by atoms with E-state index >= 15 is 0 Å². The first-order chi connectivity index (χ1) is 11.7. The van der Waals surface area contributed by atoms with Crippen molar-refractivity contribution in [3.05, 3.63) is 71.7 Å². The first-order valence-corrected chi connectivity index (χ1v) is 8.46. The highest BCUT2D eigenvalue weighted by atomic mass is 16.2. The van der Waals surface area contributed by atoms with Crippen LogP contribution >= 0.6 is 0 Å². The summed E-state index contributed by atoms with van der Waals surface area (Å²) in [4.78, 5) is 17.4. The number of pyridine rings is 1. The molecule has 4 heteroatoms. The maximum absolute atomic E-state index is 12.9. The molecular weight excluding hydrogens is 298 g/mol. The number of carbonyl (C=O) groups is 1. The number of carbonyl (C=O) groups excluding carboxylic acids is 1. The van der Waals surface area contributed by atoms with Crippen LogP contribution in [0.15, 0.2) is 54.7 Å². The van der Waals surface area contributed by atoms with Gasteiger partial charge in [0.25, 0.3) is 0 Å². The quantitative estimate of drug-likeness (QED) is 0.801. The molecule has 0 atom stereocenters. The molecule has 1 aliphatic rings. The molecule has 1 saturated carbocycles. The van der Waals surface area contributed by atoms with Gasteiger partial charge in [-0.3, -0.25) is 4.79 Å². The second-order valence-corrected chi connectivity index (χ2v) is 6.61. The number of aromatic nitrogens is 2. The number of aryl methyl sites for hydroxylation is 1. The van der Waals surface area contributed by atoms with Gasteiger partial charge in [-0.05, 0) is 37.5 Å². The summed E-state index contributed by atoms with van der Waals surface area (Å²) < 4.78 is 2.05. The van der Waals surface area contributed by atoms with Gasteiger partial charge in [-0.1, -0.05) is 42.8 Å². The van der Waals surface area contributed by atoms with Crippen LogP contribution in [0.3, 0.4) is 0 Å². The maximum atomic E-state index is 12.9. The molecule has 122 valence electrons. The molecule has 24 heavy (non-hydrogen) atoms. The largest absolute Gasteiger partial charge is 0.350 e. The van der Waals surface area contributed by atoms with E-state index in [0.29, 0.717) is 6.54 Å². The number of fused-ring (bicyclic) bond motifs is 1. The van der Waals surface area contributed by atoms with Gasteiger partial charge in [0.15, 0.2) is 0 Å². The lowest BCUT2D eigenvalue weighted by Crippen LogP contribution is -2.49. The molecule has 0 radical (unpaired) electrons. The Labute approximate surface area is 141 Å². The van der Waals surface area contributed by atoms with Crippen molar-refractivity contribution in [1.29, 1.82) is 0 Å². The van der Waals surface area contributed by atoms with E-state index in [1.165, 1.54) is 0 Å². The molecule has 4 rings (SSSR count). The van der Waals surface area contributed by atoms with Crippen molar-refractivity contribution in [2.24, 2.45) is 0 Å². The number of nitrogens with one attached hydrogen (secondary N) is 1. The number of amides is 1. The number of imidazole rings is 1. The second-order valence-electron chi connectivity index (χ2n) is 6.61. The van der Waals surface area contributed by atoms with E-state index in [2.05, 4.69) is 39.8 Å². The van der Waals surface area contributed by atoms with Crippen molar-refractivity contribution >= 4 is 11.6 Å². The molecular formula is C20H21N3O. The summed E-state index contributed by atoms with van der Waals surface area (Å²) in [6.45, 7) is 2.52. The normalized spacial score (nSPS) is 15.9. The highest BCUT2D eigenvalue weighted by Gasteiger charge is 2.45. The summed E-state index contributed by atoms with van der Waals surface area (Å²) in [5.41, 5.74) is 3.72. The highest BCUT2D eigenvalue weighted by molar-refractivity contribution is 5.89. The summed E-state index contributed by atoms with van der Waals surface area (Å²) >= 11 is 0. The number of benzene rings is 1. The van der Waals surface area contributed by atoms with Crippen LogP contribution in [0.4, 0.5) is 0 Å². The third-order valence-corrected chi connectivity index (χ3v) is 5.14. The monoisotopic (exact) mass is 319 g/mol. The lowest BCUT2D eigenvalue weighted by molar-refractivity contribution is -0.130. The van der Waals surface area contributed by atoms with Crippen LogP contribution in [0.25, 0.3) is 5.65 Å². The van der Waals surface area contributed by atoms with Gasteiger partial charge in [0.05, 0.1) is 17.7 Å². The van der Waals surface area contributed by atoms with Gasteiger partial charge in [-0.2, -0.15) is 0 Å². The van der Waals surface area contributed by atoms with Gasteiger partial charge in [0.1, 0.15) is 5.65 Å². The van der Waals surface area contributed by atoms with Gasteiger partial charge in [0.2, 0.25) is 5.91 Å². The van der Waals surface area contributed by atoms with Crippen LogP contribution in [0, 0.1) is 6.92 Å². The third kappa shape index (κ3) is 2.39. The molecule has 0 aliphatic heterocycles. The first kappa shape index (κ1) is 14.9. The van der Waals surface area contributed by atoms with Crippen LogP contribution in [-0.4, -0.2) is 15.3 Å². The summed E-state index contributed by atoms with van der Waals surface area (Å²) in [5, 5.41) is 3.11. The molecule has 0 unspecified atom stereocenters. The van der Waals surface area contributed by atoms with E-state index < -0.39 is 0 Å². The summed E-state index contributed by atoms with van der Waals surface area (Å²) in [5.74, 6) is 0.119. The molecule has 2 aromatic heterocycles. The minimum atomic E-state index is -0.351. The van der Waals surface area contributed by atoms with Gasteiger partial charge in [0, 0.05) is 11.9 Å². The molecule has 0 bridgehead atoms. The molecule has 1 aliphatic carbocycles. The Morgan fingerprint density at radius 2 is 1.96 bits per heavy atom. The van der Waals surface area contributed by atoms with Crippen LogP contribution < -0.4 is 5.32 Å². The van der Waals surface area contributed by atoms with E-state index in [-0.39, 0.29) is 11.3 Å². The molecule has 1 N–H and O–H groups in total. The van der Waals surface area contributed by atoms with Crippen LogP contribution in [-0.2, 0) is 16.8 Å². The van der Waals surface area contributed by atoms with Gasteiger partial charge >= 0.3 is 0 Å². The predicted molar refractivity (Wildman–Crippen MR) is 93.7 cm³/mol. The topological polar surface area (TPSA) is 46.4 Å². The SMILES string of the molecule is Cc1cccc2nc(CNC(=O)C3(c4ccccc4)CCC3)cn12. The third-order valence-electron chi connectivity index (χ3n) is 5.14. The van der Waals surface area contributed by atoms with Crippen molar-refractivity contribution in [3.63, 3.8) is 0 Å². The van der Waals surface area contributed by atoms with E-state index in [4.69, 9.17) is 0 Å². The fourth-order valence-corrected chi connectivity index (χ4v) is 3.56. The summed E-state index contributed by atoms with van der Waals surface area (Å²) in [6.07, 6.45) is 4.96. The van der Waals surface area contributed by atoms with E-state index in [0.717, 1.165) is 41.9 Å². The van der Waals surface area contributed by atoms with Crippen LogP contribution in [0.2, 0.25) is 0 Å². The highest BCUT2D eigenvalue weighted by Crippen LogP contribution is 2.43. The lowest BCUT2D eigenvalue weighted by atomic mass is 9.64. The molecule has 0 saturated heterocycles. The molecule has 4 nitrogen and oxygen atoms in total. The Balaban J connectivity index is 1.52. The van der Waals surface area contributed by atoms with Crippen molar-refractivity contribution in [1.82, 2.24) is 14.7 Å². The van der Waals surface area contributed by atoms with E-state index in [1.54, 1.807) is 0 Å². The summed E-state index contributed by atoms with van der Waals surface area (Å²) in [6, 6.07) is 16.2. The van der Waals surface area contributed by atoms with Gasteiger partial charge < -0.3 is 9.72 Å². The second kappa shape index (κ2) is 5.78. The Morgan fingerprint density at radius 1 is 1.17 bits per heavy atom. The number of hydrogen-bond donors (Lipinski definition) is 1. The maximum Gasteiger partial charge on any atom is 0.230 e. The number of hydrogen-bond acceptors (Lipinski definition) is 2. The molecule has 2 heterocycles. The molecule has 1 aromatic carbocycles. The van der Waals surface area contributed by atoms with Crippen molar-refractivity contribution in [2.75, 3.05) is 0 Å². The van der Waals surface area contributed by atoms with Crippen LogP contribution in [0.5, 0.6) is 0 Å². The Hall–Kier alpha value is -2.62. The van der Waals surface area contributed by atoms with Gasteiger partial charge in [-0.15, -0.1) is 0 Å². The fraction of sp³-hybridized carbons (Fsp3) is 0.300. The Kier molecular flexibility index (Phi) is 3.60. The molecule has 1 fully saturated rings. The zero-order chi connectivity index (χ0) is 16.6. The van der Waals surface area contributed by atoms with E-state index in [1.807, 2.05) is 36.5 Å². The first-order valence-electron chi connectivity index (χ1n) is 8.46. The Bertz CT molecular complexity index is 878. The minimum absolute atomic E-state index is 0.119. The minimum Gasteiger partial charge on any atom is -0.350 e. The predicted octanol–water partition coefficient (Wildman–Crippen LogP) is 3.38. The number of nitrogens with zero attached hydrogens (tertiary/aromatic N) is 2. The Morgan fingerprint density at radius 3 is 2.62 bits per heavy atom. The number of rotatable bonds is 4. The summed E-state index contributed by atoms with van der Waals surface area (Å²) in [7, 11) is 0. The van der Waals surface area contributed by atoms with Crippen molar-refractivity contribution < 1.29 is 4.79 Å². The zero-order valence-electron chi connectivity index (χ0n) is 13.8. The molecule has 1 amide bonds.